The normalized spacial score (nSPS) is 13.3. The Morgan fingerprint density at radius 1 is 1.38 bits per heavy atom. The van der Waals surface area contributed by atoms with E-state index in [1.165, 1.54) is 0 Å². The highest BCUT2D eigenvalue weighted by molar-refractivity contribution is 7.19. The summed E-state index contributed by atoms with van der Waals surface area (Å²) in [4.78, 5) is 5.66. The van der Waals surface area contributed by atoms with Crippen molar-refractivity contribution in [1.82, 2.24) is 4.98 Å². The van der Waals surface area contributed by atoms with E-state index in [0.717, 1.165) is 19.9 Å². The Kier molecular flexibility index (Phi) is 3.64. The van der Waals surface area contributed by atoms with Crippen LogP contribution in [0, 0.1) is 5.92 Å². The second-order valence-corrected chi connectivity index (χ2v) is 6.55. The Morgan fingerprint density at radius 3 is 2.69 bits per heavy atom. The standard InChI is InChI=1S/C11H13ClN2S2/c1-6(2)10(13)11-14-7(5-15-11)8-3-4-9(12)16-8/h3-6,10H,13H2,1-2H3. The number of thiophene rings is 1. The molecule has 0 aliphatic carbocycles. The molecule has 0 fully saturated rings. The number of nitrogens with zero attached hydrogens (tertiary/aromatic N) is 1. The Balaban J connectivity index is 2.26. The van der Waals surface area contributed by atoms with Crippen molar-refractivity contribution in [1.29, 1.82) is 0 Å². The van der Waals surface area contributed by atoms with Gasteiger partial charge in [0.05, 0.1) is 20.9 Å². The number of hydrogen-bond acceptors (Lipinski definition) is 4. The topological polar surface area (TPSA) is 38.9 Å². The third-order valence-electron chi connectivity index (χ3n) is 2.35. The maximum atomic E-state index is 6.06. The number of hydrogen-bond donors (Lipinski definition) is 1. The van der Waals surface area contributed by atoms with E-state index in [1.807, 2.05) is 17.5 Å². The van der Waals surface area contributed by atoms with Crippen LogP contribution in [0.5, 0.6) is 0 Å². The summed E-state index contributed by atoms with van der Waals surface area (Å²) >= 11 is 9.06. The summed E-state index contributed by atoms with van der Waals surface area (Å²) in [6.07, 6.45) is 0. The van der Waals surface area contributed by atoms with Gasteiger partial charge in [-0.1, -0.05) is 25.4 Å². The minimum absolute atomic E-state index is 0.0224. The highest BCUT2D eigenvalue weighted by Crippen LogP contribution is 2.33. The molecule has 0 radical (unpaired) electrons. The van der Waals surface area contributed by atoms with E-state index < -0.39 is 0 Å². The zero-order valence-electron chi connectivity index (χ0n) is 9.11. The fourth-order valence-corrected chi connectivity index (χ4v) is 3.36. The van der Waals surface area contributed by atoms with Crippen molar-refractivity contribution >= 4 is 34.3 Å². The molecule has 0 aliphatic rings. The molecule has 0 saturated heterocycles. The molecule has 2 aromatic rings. The Hall–Kier alpha value is -0.420. The zero-order valence-corrected chi connectivity index (χ0v) is 11.5. The second-order valence-electron chi connectivity index (χ2n) is 3.94. The van der Waals surface area contributed by atoms with Gasteiger partial charge < -0.3 is 5.73 Å². The molecule has 2 N–H and O–H groups in total. The van der Waals surface area contributed by atoms with Gasteiger partial charge in [-0.25, -0.2) is 4.98 Å². The van der Waals surface area contributed by atoms with Crippen LogP contribution in [-0.4, -0.2) is 4.98 Å². The van der Waals surface area contributed by atoms with Crippen LogP contribution in [0.15, 0.2) is 17.5 Å². The predicted octanol–water partition coefficient (Wildman–Crippen LogP) is 4.18. The van der Waals surface area contributed by atoms with Crippen LogP contribution in [0.1, 0.15) is 24.9 Å². The third kappa shape index (κ3) is 2.46. The quantitative estimate of drug-likeness (QED) is 0.910. The molecule has 1 unspecified atom stereocenters. The minimum Gasteiger partial charge on any atom is -0.322 e. The lowest BCUT2D eigenvalue weighted by molar-refractivity contribution is 0.512. The van der Waals surface area contributed by atoms with E-state index in [2.05, 4.69) is 18.8 Å². The van der Waals surface area contributed by atoms with E-state index in [9.17, 15) is 0 Å². The van der Waals surface area contributed by atoms with E-state index in [1.54, 1.807) is 22.7 Å². The zero-order chi connectivity index (χ0) is 11.7. The van der Waals surface area contributed by atoms with Crippen LogP contribution in [-0.2, 0) is 0 Å². The van der Waals surface area contributed by atoms with Crippen molar-refractivity contribution in [3.8, 4) is 10.6 Å². The molecule has 0 amide bonds. The van der Waals surface area contributed by atoms with Gasteiger partial charge in [0.2, 0.25) is 0 Å². The molecule has 0 aromatic carbocycles. The molecule has 0 spiro atoms. The van der Waals surface area contributed by atoms with Crippen LogP contribution in [0.4, 0.5) is 0 Å². The molecular weight excluding hydrogens is 260 g/mol. The first-order chi connectivity index (χ1) is 7.58. The lowest BCUT2D eigenvalue weighted by atomic mass is 10.1. The van der Waals surface area contributed by atoms with Crippen LogP contribution in [0.25, 0.3) is 10.6 Å². The molecule has 0 aliphatic heterocycles. The van der Waals surface area contributed by atoms with E-state index in [4.69, 9.17) is 17.3 Å². The van der Waals surface area contributed by atoms with Crippen molar-refractivity contribution in [2.24, 2.45) is 11.7 Å². The predicted molar refractivity (Wildman–Crippen MR) is 72.2 cm³/mol. The second kappa shape index (κ2) is 4.84. The molecule has 2 aromatic heterocycles. The molecule has 2 heterocycles. The van der Waals surface area contributed by atoms with Gasteiger partial charge in [0.1, 0.15) is 5.01 Å². The summed E-state index contributed by atoms with van der Waals surface area (Å²) in [5.74, 6) is 0.408. The number of thiazole rings is 1. The SMILES string of the molecule is CC(C)C(N)c1nc(-c2ccc(Cl)s2)cs1. The fraction of sp³-hybridized carbons (Fsp3) is 0.364. The van der Waals surface area contributed by atoms with Crippen molar-refractivity contribution in [2.45, 2.75) is 19.9 Å². The van der Waals surface area contributed by atoms with Crippen LogP contribution >= 0.6 is 34.3 Å². The summed E-state index contributed by atoms with van der Waals surface area (Å²) in [7, 11) is 0. The number of aromatic nitrogens is 1. The van der Waals surface area contributed by atoms with Gasteiger partial charge in [0, 0.05) is 5.38 Å². The Bertz CT molecular complexity index is 476. The molecule has 16 heavy (non-hydrogen) atoms. The van der Waals surface area contributed by atoms with E-state index in [0.29, 0.717) is 5.92 Å². The highest BCUT2D eigenvalue weighted by atomic mass is 35.5. The van der Waals surface area contributed by atoms with Crippen molar-refractivity contribution in [3.63, 3.8) is 0 Å². The molecule has 2 nitrogen and oxygen atoms in total. The van der Waals surface area contributed by atoms with Gasteiger partial charge in [-0.05, 0) is 18.1 Å². The maximum Gasteiger partial charge on any atom is 0.110 e. The van der Waals surface area contributed by atoms with Gasteiger partial charge in [0.15, 0.2) is 0 Å². The lowest BCUT2D eigenvalue weighted by Crippen LogP contribution is -2.16. The van der Waals surface area contributed by atoms with Crippen molar-refractivity contribution < 1.29 is 0 Å². The molecule has 86 valence electrons. The maximum absolute atomic E-state index is 6.06. The van der Waals surface area contributed by atoms with Crippen molar-refractivity contribution in [2.75, 3.05) is 0 Å². The van der Waals surface area contributed by atoms with Crippen LogP contribution in [0.2, 0.25) is 4.34 Å². The van der Waals surface area contributed by atoms with Crippen LogP contribution in [0.3, 0.4) is 0 Å². The largest absolute Gasteiger partial charge is 0.322 e. The first-order valence-corrected chi connectivity index (χ1v) is 7.12. The first kappa shape index (κ1) is 12.0. The smallest absolute Gasteiger partial charge is 0.110 e. The van der Waals surface area contributed by atoms with Gasteiger partial charge in [-0.2, -0.15) is 0 Å². The summed E-state index contributed by atoms with van der Waals surface area (Å²) in [6.45, 7) is 4.21. The number of halogens is 1. The van der Waals surface area contributed by atoms with Gasteiger partial charge in [-0.3, -0.25) is 0 Å². The average molecular weight is 273 g/mol. The Morgan fingerprint density at radius 2 is 2.12 bits per heavy atom. The van der Waals surface area contributed by atoms with Gasteiger partial charge >= 0.3 is 0 Å². The summed E-state index contributed by atoms with van der Waals surface area (Å²) in [5.41, 5.74) is 7.04. The molecule has 0 saturated carbocycles. The molecule has 2 rings (SSSR count). The summed E-state index contributed by atoms with van der Waals surface area (Å²) in [6, 6.07) is 3.91. The summed E-state index contributed by atoms with van der Waals surface area (Å²) in [5, 5.41) is 3.04. The van der Waals surface area contributed by atoms with Crippen LogP contribution < -0.4 is 5.73 Å². The number of nitrogens with two attached hydrogens (primary N) is 1. The van der Waals surface area contributed by atoms with Crippen molar-refractivity contribution in [3.05, 3.63) is 26.9 Å². The monoisotopic (exact) mass is 272 g/mol. The van der Waals surface area contributed by atoms with E-state index >= 15 is 0 Å². The summed E-state index contributed by atoms with van der Waals surface area (Å²) < 4.78 is 0.790. The minimum atomic E-state index is 0.0224. The lowest BCUT2D eigenvalue weighted by Gasteiger charge is -2.11. The van der Waals surface area contributed by atoms with E-state index in [-0.39, 0.29) is 6.04 Å². The molecule has 0 bridgehead atoms. The molecule has 5 heteroatoms. The Labute approximate surface area is 108 Å². The average Bonchev–Trinajstić information content (AvgIpc) is 2.84. The third-order valence-corrected chi connectivity index (χ3v) is 4.55. The fourth-order valence-electron chi connectivity index (χ4n) is 1.29. The first-order valence-electron chi connectivity index (χ1n) is 5.04. The molecular formula is C11H13ClN2S2. The van der Waals surface area contributed by atoms with Gasteiger partial charge in [-0.15, -0.1) is 22.7 Å². The highest BCUT2D eigenvalue weighted by Gasteiger charge is 2.15. The molecule has 1 atom stereocenters. The van der Waals surface area contributed by atoms with Gasteiger partial charge in [0.25, 0.3) is 0 Å². The number of rotatable bonds is 3.